The summed E-state index contributed by atoms with van der Waals surface area (Å²) in [4.78, 5) is 0.373. The molecule has 1 aliphatic heterocycles. The summed E-state index contributed by atoms with van der Waals surface area (Å²) < 4.78 is 26.6. The third kappa shape index (κ3) is 3.85. The first-order chi connectivity index (χ1) is 9.64. The molecule has 0 aromatic heterocycles. The van der Waals surface area contributed by atoms with Crippen LogP contribution >= 0.6 is 15.9 Å². The summed E-state index contributed by atoms with van der Waals surface area (Å²) in [5, 5.41) is 1.01. The molecule has 1 aromatic rings. The molecule has 0 fully saturated rings. The molecule has 20 heavy (non-hydrogen) atoms. The Morgan fingerprint density at radius 2 is 1.90 bits per heavy atom. The fraction of sp³-hybridized carbons (Fsp3) is 0.467. The maximum absolute atomic E-state index is 12.5. The van der Waals surface area contributed by atoms with Gasteiger partial charge in [0.25, 0.3) is 10.0 Å². The molecule has 0 bridgehead atoms. The van der Waals surface area contributed by atoms with E-state index < -0.39 is 10.0 Å². The van der Waals surface area contributed by atoms with E-state index in [1.54, 1.807) is 24.3 Å². The molecule has 1 aliphatic rings. The molecule has 0 atom stereocenters. The van der Waals surface area contributed by atoms with Crippen molar-refractivity contribution < 1.29 is 8.42 Å². The zero-order chi connectivity index (χ0) is 14.4. The number of rotatable bonds is 6. The van der Waals surface area contributed by atoms with Crippen molar-refractivity contribution in [2.75, 3.05) is 11.9 Å². The third-order valence-corrected chi connectivity index (χ3v) is 5.77. The van der Waals surface area contributed by atoms with Crippen molar-refractivity contribution in [1.29, 1.82) is 0 Å². The number of hydrogen-bond acceptors (Lipinski definition) is 2. The van der Waals surface area contributed by atoms with Crippen LogP contribution in [0.2, 0.25) is 0 Å². The first kappa shape index (κ1) is 15.6. The Labute approximate surface area is 129 Å². The van der Waals surface area contributed by atoms with E-state index >= 15 is 0 Å². The summed E-state index contributed by atoms with van der Waals surface area (Å²) in [6.45, 7) is 0.583. The molecule has 1 aromatic carbocycles. The average Bonchev–Trinajstić information content (AvgIpc) is 2.49. The molecule has 0 amide bonds. The van der Waals surface area contributed by atoms with Crippen LogP contribution in [0.1, 0.15) is 32.1 Å². The molecule has 2 rings (SSSR count). The number of sulfonamides is 1. The molecular formula is C15H20BrNO2S. The normalized spacial score (nSPS) is 16.1. The Bertz CT molecular complexity index is 554. The van der Waals surface area contributed by atoms with Gasteiger partial charge in [0.15, 0.2) is 0 Å². The summed E-state index contributed by atoms with van der Waals surface area (Å²) in [5.41, 5.74) is 1.25. The Kier molecular flexibility index (Phi) is 5.66. The van der Waals surface area contributed by atoms with Crippen LogP contribution in [0.15, 0.2) is 47.0 Å². The minimum atomic E-state index is -3.38. The number of unbranched alkanes of at least 4 members (excludes halogenated alkanes) is 1. The Morgan fingerprint density at radius 3 is 2.60 bits per heavy atom. The van der Waals surface area contributed by atoms with Crippen molar-refractivity contribution in [2.24, 2.45) is 0 Å². The molecule has 0 unspecified atom stereocenters. The molecule has 0 radical (unpaired) electrons. The van der Waals surface area contributed by atoms with Crippen LogP contribution in [0, 0.1) is 0 Å². The van der Waals surface area contributed by atoms with E-state index in [0.717, 1.165) is 37.4 Å². The van der Waals surface area contributed by atoms with Crippen LogP contribution in [0.5, 0.6) is 0 Å². The summed E-state index contributed by atoms with van der Waals surface area (Å²) in [7, 11) is -3.38. The molecule has 0 spiro atoms. The van der Waals surface area contributed by atoms with Gasteiger partial charge in [-0.3, -0.25) is 4.31 Å². The highest BCUT2D eigenvalue weighted by Gasteiger charge is 2.23. The van der Waals surface area contributed by atoms with Gasteiger partial charge in [0.2, 0.25) is 0 Å². The minimum absolute atomic E-state index is 0.373. The second kappa shape index (κ2) is 7.27. The topological polar surface area (TPSA) is 37.4 Å². The molecular weight excluding hydrogens is 338 g/mol. The van der Waals surface area contributed by atoms with Crippen molar-refractivity contribution in [3.05, 3.63) is 42.1 Å². The second-order valence-electron chi connectivity index (χ2n) is 4.97. The van der Waals surface area contributed by atoms with E-state index in [9.17, 15) is 8.42 Å². The molecule has 0 saturated heterocycles. The largest absolute Gasteiger partial charge is 0.273 e. The van der Waals surface area contributed by atoms with Gasteiger partial charge in [-0.1, -0.05) is 39.7 Å². The lowest BCUT2D eigenvalue weighted by atomic mass is 10.0. The summed E-state index contributed by atoms with van der Waals surface area (Å²) >= 11 is 3.42. The highest BCUT2D eigenvalue weighted by atomic mass is 79.9. The third-order valence-electron chi connectivity index (χ3n) is 3.43. The first-order valence-corrected chi connectivity index (χ1v) is 9.53. The number of halogens is 1. The standard InChI is InChI=1S/C15H20BrNO2S/c16-11-5-4-7-14-8-6-12-17(13-14)20(18,19)15-9-2-1-3-10-15/h1-3,9-10,13H,4-8,11-12H2. The highest BCUT2D eigenvalue weighted by molar-refractivity contribution is 9.09. The average molecular weight is 358 g/mol. The number of benzene rings is 1. The van der Waals surface area contributed by atoms with Crippen LogP contribution in [-0.2, 0) is 10.0 Å². The Balaban J connectivity index is 2.13. The first-order valence-electron chi connectivity index (χ1n) is 6.97. The monoisotopic (exact) mass is 357 g/mol. The van der Waals surface area contributed by atoms with Gasteiger partial charge < -0.3 is 0 Å². The Morgan fingerprint density at radius 1 is 1.15 bits per heavy atom. The molecule has 5 heteroatoms. The van der Waals surface area contributed by atoms with Gasteiger partial charge in [-0.2, -0.15) is 0 Å². The molecule has 3 nitrogen and oxygen atoms in total. The van der Waals surface area contributed by atoms with Crippen LogP contribution < -0.4 is 0 Å². The van der Waals surface area contributed by atoms with Gasteiger partial charge in [-0.05, 0) is 44.2 Å². The number of alkyl halides is 1. The predicted octanol–water partition coefficient (Wildman–Crippen LogP) is 3.92. The smallest absolute Gasteiger partial charge is 0.263 e. The number of allylic oxidation sites excluding steroid dienone is 1. The van der Waals surface area contributed by atoms with Crippen molar-refractivity contribution >= 4 is 26.0 Å². The molecule has 0 saturated carbocycles. The zero-order valence-corrected chi connectivity index (χ0v) is 13.9. The van der Waals surface area contributed by atoms with Crippen molar-refractivity contribution in [2.45, 2.75) is 37.0 Å². The van der Waals surface area contributed by atoms with Gasteiger partial charge >= 0.3 is 0 Å². The number of nitrogens with zero attached hydrogens (tertiary/aromatic N) is 1. The summed E-state index contributed by atoms with van der Waals surface area (Å²) in [6.07, 6.45) is 7.00. The van der Waals surface area contributed by atoms with Crippen LogP contribution in [0.4, 0.5) is 0 Å². The van der Waals surface area contributed by atoms with E-state index in [2.05, 4.69) is 15.9 Å². The SMILES string of the molecule is O=S(=O)(c1ccccc1)N1C=C(CCCCBr)CCC1. The van der Waals surface area contributed by atoms with Crippen LogP contribution in [0.25, 0.3) is 0 Å². The van der Waals surface area contributed by atoms with Gasteiger partial charge in [-0.15, -0.1) is 0 Å². The lowest BCUT2D eigenvalue weighted by Gasteiger charge is -2.26. The fourth-order valence-corrected chi connectivity index (χ4v) is 4.17. The zero-order valence-electron chi connectivity index (χ0n) is 11.5. The van der Waals surface area contributed by atoms with E-state index in [4.69, 9.17) is 0 Å². The van der Waals surface area contributed by atoms with Crippen molar-refractivity contribution in [3.8, 4) is 0 Å². The highest BCUT2D eigenvalue weighted by Crippen LogP contribution is 2.25. The molecule has 0 aliphatic carbocycles. The summed E-state index contributed by atoms with van der Waals surface area (Å²) in [6, 6.07) is 8.66. The van der Waals surface area contributed by atoms with Crippen molar-refractivity contribution in [3.63, 3.8) is 0 Å². The lowest BCUT2D eigenvalue weighted by molar-refractivity contribution is 0.463. The van der Waals surface area contributed by atoms with Gasteiger partial charge in [-0.25, -0.2) is 8.42 Å². The lowest BCUT2D eigenvalue weighted by Crippen LogP contribution is -2.30. The molecule has 1 heterocycles. The maximum Gasteiger partial charge on any atom is 0.263 e. The number of hydrogen-bond donors (Lipinski definition) is 0. The van der Waals surface area contributed by atoms with E-state index in [1.807, 2.05) is 12.3 Å². The summed E-state index contributed by atoms with van der Waals surface area (Å²) in [5.74, 6) is 0. The fourth-order valence-electron chi connectivity index (χ4n) is 2.35. The van der Waals surface area contributed by atoms with E-state index in [-0.39, 0.29) is 0 Å². The molecule has 110 valence electrons. The minimum Gasteiger partial charge on any atom is -0.273 e. The van der Waals surface area contributed by atoms with Crippen LogP contribution in [-0.4, -0.2) is 24.6 Å². The molecule has 0 N–H and O–H groups in total. The van der Waals surface area contributed by atoms with E-state index in [1.165, 1.54) is 9.88 Å². The quantitative estimate of drug-likeness (QED) is 0.571. The van der Waals surface area contributed by atoms with Crippen molar-refractivity contribution in [1.82, 2.24) is 4.31 Å². The van der Waals surface area contributed by atoms with E-state index in [0.29, 0.717) is 11.4 Å². The predicted molar refractivity (Wildman–Crippen MR) is 85.3 cm³/mol. The maximum atomic E-state index is 12.5. The van der Waals surface area contributed by atoms with Gasteiger partial charge in [0, 0.05) is 18.1 Å². The van der Waals surface area contributed by atoms with Crippen LogP contribution in [0.3, 0.4) is 0 Å². The Hall–Kier alpha value is -0.810. The van der Waals surface area contributed by atoms with Gasteiger partial charge in [0.05, 0.1) is 4.90 Å². The van der Waals surface area contributed by atoms with Gasteiger partial charge in [0.1, 0.15) is 0 Å². The second-order valence-corrected chi connectivity index (χ2v) is 7.65.